The Bertz CT molecular complexity index is 406. The zero-order valence-electron chi connectivity index (χ0n) is 11.3. The Balaban J connectivity index is 2.39. The van der Waals surface area contributed by atoms with Crippen molar-refractivity contribution in [2.45, 2.75) is 27.3 Å². The normalized spacial score (nSPS) is 11.1. The molecule has 1 aromatic heterocycles. The van der Waals surface area contributed by atoms with Gasteiger partial charge in [0.15, 0.2) is 0 Å². The molecule has 1 aromatic rings. The van der Waals surface area contributed by atoms with Crippen molar-refractivity contribution in [2.75, 3.05) is 13.6 Å². The molecule has 100 valence electrons. The minimum atomic E-state index is -0.483. The molecule has 0 saturated heterocycles. The maximum atomic E-state index is 11.8. The lowest BCUT2D eigenvalue weighted by Gasteiger charge is -2.20. The monoisotopic (exact) mass is 252 g/mol. The van der Waals surface area contributed by atoms with Gasteiger partial charge in [-0.1, -0.05) is 20.8 Å². The first-order valence-electron chi connectivity index (χ1n) is 5.80. The highest BCUT2D eigenvalue weighted by molar-refractivity contribution is 5.87. The Kier molecular flexibility index (Phi) is 4.47. The van der Waals surface area contributed by atoms with Crippen LogP contribution in [0.1, 0.15) is 26.3 Å². The molecule has 6 nitrogen and oxygen atoms in total. The number of carbonyl (C=O) groups excluding carboxylic acids is 2. The number of likely N-dealkylation sites (N-methyl/N-ethyl adjacent to an activating group) is 1. The van der Waals surface area contributed by atoms with Crippen LogP contribution in [0.2, 0.25) is 0 Å². The quantitative estimate of drug-likeness (QED) is 0.820. The largest absolute Gasteiger partial charge is 0.347 e. The van der Waals surface area contributed by atoms with E-state index in [9.17, 15) is 9.59 Å². The van der Waals surface area contributed by atoms with Gasteiger partial charge >= 0.3 is 0 Å². The number of H-pyrrole nitrogens is 1. The molecule has 18 heavy (non-hydrogen) atoms. The lowest BCUT2D eigenvalue weighted by atomic mass is 9.96. The Morgan fingerprint density at radius 2 is 2.11 bits per heavy atom. The van der Waals surface area contributed by atoms with Crippen molar-refractivity contribution in [2.24, 2.45) is 5.41 Å². The van der Waals surface area contributed by atoms with Crippen molar-refractivity contribution in [1.82, 2.24) is 20.4 Å². The second-order valence-electron chi connectivity index (χ2n) is 5.29. The molecular formula is C12H20N4O2. The lowest BCUT2D eigenvalue weighted by molar-refractivity contribution is -0.134. The molecule has 2 N–H and O–H groups in total. The first-order chi connectivity index (χ1) is 8.30. The van der Waals surface area contributed by atoms with Crippen LogP contribution in [-0.4, -0.2) is 40.5 Å². The van der Waals surface area contributed by atoms with Crippen molar-refractivity contribution in [3.8, 4) is 0 Å². The molecule has 0 aliphatic rings. The second-order valence-corrected chi connectivity index (χ2v) is 5.29. The predicted molar refractivity (Wildman–Crippen MR) is 67.5 cm³/mol. The van der Waals surface area contributed by atoms with Crippen LogP contribution in [-0.2, 0) is 16.1 Å². The van der Waals surface area contributed by atoms with Gasteiger partial charge in [-0.2, -0.15) is 5.10 Å². The topological polar surface area (TPSA) is 78.1 Å². The predicted octanol–water partition coefficient (Wildman–Crippen LogP) is 0.530. The Hall–Kier alpha value is -1.85. The summed E-state index contributed by atoms with van der Waals surface area (Å²) >= 11 is 0. The van der Waals surface area contributed by atoms with E-state index in [4.69, 9.17) is 0 Å². The number of hydrogen-bond donors (Lipinski definition) is 2. The zero-order chi connectivity index (χ0) is 13.8. The molecule has 2 amide bonds. The summed E-state index contributed by atoms with van der Waals surface area (Å²) in [5, 5.41) is 9.12. The minimum Gasteiger partial charge on any atom is -0.347 e. The highest BCUT2D eigenvalue weighted by atomic mass is 16.2. The van der Waals surface area contributed by atoms with Gasteiger partial charge in [0.05, 0.1) is 12.7 Å². The van der Waals surface area contributed by atoms with E-state index in [-0.39, 0.29) is 18.4 Å². The zero-order valence-corrected chi connectivity index (χ0v) is 11.3. The average molecular weight is 252 g/mol. The maximum Gasteiger partial charge on any atom is 0.242 e. The van der Waals surface area contributed by atoms with Crippen LogP contribution in [0, 0.1) is 5.41 Å². The van der Waals surface area contributed by atoms with Crippen molar-refractivity contribution in [3.63, 3.8) is 0 Å². The average Bonchev–Trinajstić information content (AvgIpc) is 2.76. The summed E-state index contributed by atoms with van der Waals surface area (Å²) < 4.78 is 0. The Labute approximate surface area is 107 Å². The summed E-state index contributed by atoms with van der Waals surface area (Å²) in [6.07, 6.45) is 3.40. The SMILES string of the molecule is CN(Cc1cn[nH]c1)C(=O)CNC(=O)C(C)(C)C. The fraction of sp³-hybridized carbons (Fsp3) is 0.583. The summed E-state index contributed by atoms with van der Waals surface area (Å²) in [4.78, 5) is 24.9. The smallest absolute Gasteiger partial charge is 0.242 e. The summed E-state index contributed by atoms with van der Waals surface area (Å²) in [7, 11) is 1.69. The molecule has 6 heteroatoms. The first kappa shape index (κ1) is 14.2. The van der Waals surface area contributed by atoms with Gasteiger partial charge < -0.3 is 10.2 Å². The van der Waals surface area contributed by atoms with Crippen molar-refractivity contribution in [1.29, 1.82) is 0 Å². The molecule has 0 fully saturated rings. The molecule has 0 spiro atoms. The molecule has 1 rings (SSSR count). The van der Waals surface area contributed by atoms with Gasteiger partial charge in [0, 0.05) is 30.8 Å². The maximum absolute atomic E-state index is 11.8. The Morgan fingerprint density at radius 3 is 2.61 bits per heavy atom. The standard InChI is InChI=1S/C12H20N4O2/c1-12(2,3)11(18)13-7-10(17)16(4)8-9-5-14-15-6-9/h5-6H,7-8H2,1-4H3,(H,13,18)(H,14,15). The number of amides is 2. The van der Waals surface area contributed by atoms with Gasteiger partial charge in [-0.25, -0.2) is 0 Å². The van der Waals surface area contributed by atoms with E-state index in [2.05, 4.69) is 15.5 Å². The number of carbonyl (C=O) groups is 2. The third-order valence-corrected chi connectivity index (χ3v) is 2.48. The molecule has 0 aliphatic carbocycles. The molecule has 1 heterocycles. The lowest BCUT2D eigenvalue weighted by Crippen LogP contribution is -2.42. The highest BCUT2D eigenvalue weighted by Gasteiger charge is 2.22. The van der Waals surface area contributed by atoms with E-state index in [0.717, 1.165) is 5.56 Å². The summed E-state index contributed by atoms with van der Waals surface area (Å²) in [6.45, 7) is 5.91. The van der Waals surface area contributed by atoms with Gasteiger partial charge in [-0.15, -0.1) is 0 Å². The van der Waals surface area contributed by atoms with E-state index in [0.29, 0.717) is 6.54 Å². The van der Waals surface area contributed by atoms with Crippen LogP contribution in [0.3, 0.4) is 0 Å². The number of nitrogens with zero attached hydrogens (tertiary/aromatic N) is 2. The highest BCUT2D eigenvalue weighted by Crippen LogP contribution is 2.12. The fourth-order valence-electron chi connectivity index (χ4n) is 1.28. The molecule has 0 aliphatic heterocycles. The van der Waals surface area contributed by atoms with Gasteiger partial charge in [0.25, 0.3) is 0 Å². The van der Waals surface area contributed by atoms with E-state index in [1.165, 1.54) is 0 Å². The molecule has 0 unspecified atom stereocenters. The van der Waals surface area contributed by atoms with Crippen molar-refractivity contribution >= 4 is 11.8 Å². The van der Waals surface area contributed by atoms with Crippen LogP contribution >= 0.6 is 0 Å². The molecule has 0 saturated carbocycles. The number of aromatic amines is 1. The number of hydrogen-bond acceptors (Lipinski definition) is 3. The summed E-state index contributed by atoms with van der Waals surface area (Å²) in [5.41, 5.74) is 0.441. The van der Waals surface area contributed by atoms with Gasteiger partial charge in [0.2, 0.25) is 11.8 Å². The van der Waals surface area contributed by atoms with E-state index < -0.39 is 5.41 Å². The van der Waals surface area contributed by atoms with Crippen LogP contribution < -0.4 is 5.32 Å². The van der Waals surface area contributed by atoms with Crippen molar-refractivity contribution in [3.05, 3.63) is 18.0 Å². The van der Waals surface area contributed by atoms with E-state index in [1.807, 2.05) is 20.8 Å². The summed E-state index contributed by atoms with van der Waals surface area (Å²) in [6, 6.07) is 0. The number of rotatable bonds is 4. The Morgan fingerprint density at radius 1 is 1.44 bits per heavy atom. The number of nitrogens with one attached hydrogen (secondary N) is 2. The van der Waals surface area contributed by atoms with Crippen LogP contribution in [0.5, 0.6) is 0 Å². The third-order valence-electron chi connectivity index (χ3n) is 2.48. The van der Waals surface area contributed by atoms with Crippen molar-refractivity contribution < 1.29 is 9.59 Å². The van der Waals surface area contributed by atoms with Gasteiger partial charge in [0.1, 0.15) is 0 Å². The summed E-state index contributed by atoms with van der Waals surface area (Å²) in [5.74, 6) is -0.263. The van der Waals surface area contributed by atoms with Gasteiger partial charge in [-0.3, -0.25) is 14.7 Å². The third kappa shape index (κ3) is 4.20. The van der Waals surface area contributed by atoms with Crippen LogP contribution in [0.4, 0.5) is 0 Å². The van der Waals surface area contributed by atoms with Crippen LogP contribution in [0.15, 0.2) is 12.4 Å². The molecular weight excluding hydrogens is 232 g/mol. The number of aromatic nitrogens is 2. The minimum absolute atomic E-state index is 0.0183. The molecule has 0 bridgehead atoms. The molecule has 0 radical (unpaired) electrons. The van der Waals surface area contributed by atoms with E-state index in [1.54, 1.807) is 24.3 Å². The van der Waals surface area contributed by atoms with E-state index >= 15 is 0 Å². The van der Waals surface area contributed by atoms with Gasteiger partial charge in [-0.05, 0) is 0 Å². The van der Waals surface area contributed by atoms with Crippen LogP contribution in [0.25, 0.3) is 0 Å². The fourth-order valence-corrected chi connectivity index (χ4v) is 1.28. The first-order valence-corrected chi connectivity index (χ1v) is 5.80. The molecule has 0 aromatic carbocycles. The second kappa shape index (κ2) is 5.66. The molecule has 0 atom stereocenters.